The van der Waals surface area contributed by atoms with Crippen LogP contribution >= 0.6 is 0 Å². The van der Waals surface area contributed by atoms with Gasteiger partial charge < -0.3 is 10.0 Å². The second-order valence-corrected chi connectivity index (χ2v) is 4.50. The van der Waals surface area contributed by atoms with Crippen molar-refractivity contribution in [2.24, 2.45) is 5.92 Å². The fourth-order valence-electron chi connectivity index (χ4n) is 2.10. The average molecular weight is 219 g/mol. The lowest BCUT2D eigenvalue weighted by Gasteiger charge is -2.38. The van der Waals surface area contributed by atoms with Gasteiger partial charge >= 0.3 is 0 Å². The third kappa shape index (κ3) is 2.27. The van der Waals surface area contributed by atoms with E-state index in [-0.39, 0.29) is 43.9 Å². The molecule has 86 valence electrons. The predicted octanol–water partition coefficient (Wildman–Crippen LogP) is 1.01. The van der Waals surface area contributed by atoms with Gasteiger partial charge in [0, 0.05) is 31.8 Å². The minimum Gasteiger partial charge on any atom is -0.393 e. The van der Waals surface area contributed by atoms with E-state index in [1.54, 1.807) is 0 Å². The minimum atomic E-state index is -2.60. The van der Waals surface area contributed by atoms with Crippen molar-refractivity contribution in [1.82, 2.24) is 4.90 Å². The van der Waals surface area contributed by atoms with E-state index >= 15 is 0 Å². The summed E-state index contributed by atoms with van der Waals surface area (Å²) in [6, 6.07) is 0. The van der Waals surface area contributed by atoms with Gasteiger partial charge in [0.2, 0.25) is 5.91 Å². The largest absolute Gasteiger partial charge is 0.393 e. The van der Waals surface area contributed by atoms with Gasteiger partial charge in [-0.05, 0) is 12.8 Å². The molecule has 1 saturated heterocycles. The molecule has 0 bridgehead atoms. The zero-order valence-electron chi connectivity index (χ0n) is 8.46. The van der Waals surface area contributed by atoms with Crippen molar-refractivity contribution in [2.45, 2.75) is 37.7 Å². The van der Waals surface area contributed by atoms with Crippen molar-refractivity contribution >= 4 is 5.91 Å². The molecule has 1 aliphatic carbocycles. The molecule has 1 aliphatic heterocycles. The quantitative estimate of drug-likeness (QED) is 0.715. The molecule has 0 spiro atoms. The van der Waals surface area contributed by atoms with E-state index in [4.69, 9.17) is 5.11 Å². The molecular formula is C10H15F2NO2. The molecule has 1 saturated carbocycles. The Balaban J connectivity index is 1.83. The third-order valence-electron chi connectivity index (χ3n) is 3.27. The Morgan fingerprint density at radius 2 is 1.80 bits per heavy atom. The predicted molar refractivity (Wildman–Crippen MR) is 49.5 cm³/mol. The van der Waals surface area contributed by atoms with Crippen molar-refractivity contribution in [1.29, 1.82) is 0 Å². The van der Waals surface area contributed by atoms with E-state index < -0.39 is 5.92 Å². The van der Waals surface area contributed by atoms with Gasteiger partial charge in [0.25, 0.3) is 5.92 Å². The Labute approximate surface area is 87.1 Å². The summed E-state index contributed by atoms with van der Waals surface area (Å²) in [6.45, 7) is 0.302. The molecule has 1 N–H and O–H groups in total. The normalized spacial score (nSPS) is 34.7. The number of nitrogens with zero attached hydrogens (tertiary/aromatic N) is 1. The molecule has 0 unspecified atom stereocenters. The van der Waals surface area contributed by atoms with Crippen LogP contribution in [-0.2, 0) is 4.79 Å². The number of aliphatic hydroxyl groups is 1. The molecule has 1 heterocycles. The van der Waals surface area contributed by atoms with Crippen molar-refractivity contribution in [3.63, 3.8) is 0 Å². The number of hydrogen-bond donors (Lipinski definition) is 1. The van der Waals surface area contributed by atoms with Crippen LogP contribution < -0.4 is 0 Å². The summed E-state index contributed by atoms with van der Waals surface area (Å²) in [5, 5.41) is 9.06. The summed E-state index contributed by atoms with van der Waals surface area (Å²) in [4.78, 5) is 13.2. The van der Waals surface area contributed by atoms with Crippen LogP contribution in [0.3, 0.4) is 0 Å². The average Bonchev–Trinajstić information content (AvgIpc) is 2.12. The summed E-state index contributed by atoms with van der Waals surface area (Å²) in [7, 11) is 0. The fraction of sp³-hybridized carbons (Fsp3) is 0.900. The molecule has 3 nitrogen and oxygen atoms in total. The summed E-state index contributed by atoms with van der Waals surface area (Å²) in [5.74, 6) is -2.79. The van der Waals surface area contributed by atoms with Crippen molar-refractivity contribution in [3.05, 3.63) is 0 Å². The molecule has 2 rings (SSSR count). The Morgan fingerprint density at radius 1 is 1.27 bits per heavy atom. The molecule has 0 aromatic heterocycles. The first kappa shape index (κ1) is 10.8. The fourth-order valence-corrected chi connectivity index (χ4v) is 2.10. The maximum Gasteiger partial charge on any atom is 0.251 e. The maximum atomic E-state index is 12.8. The highest BCUT2D eigenvalue weighted by atomic mass is 19.3. The van der Waals surface area contributed by atoms with Gasteiger partial charge in [-0.25, -0.2) is 8.78 Å². The van der Waals surface area contributed by atoms with Gasteiger partial charge in [0.1, 0.15) is 0 Å². The van der Waals surface area contributed by atoms with Gasteiger partial charge in [-0.15, -0.1) is 0 Å². The van der Waals surface area contributed by atoms with Crippen LogP contribution in [0.2, 0.25) is 0 Å². The number of carbonyl (C=O) groups is 1. The number of amides is 1. The molecule has 5 heteroatoms. The first-order chi connectivity index (χ1) is 6.98. The third-order valence-corrected chi connectivity index (χ3v) is 3.27. The standard InChI is InChI=1S/C10H15F2NO2/c11-10(12)1-3-13(4-2-10)9(15)7-5-8(14)6-7/h7-8,14H,1-6H2. The van der Waals surface area contributed by atoms with E-state index in [0.717, 1.165) is 0 Å². The molecule has 1 amide bonds. The minimum absolute atomic E-state index is 0.0594. The molecule has 15 heavy (non-hydrogen) atoms. The van der Waals surface area contributed by atoms with Gasteiger partial charge in [0.05, 0.1) is 6.10 Å². The molecule has 0 aromatic carbocycles. The van der Waals surface area contributed by atoms with E-state index in [9.17, 15) is 13.6 Å². The lowest BCUT2D eigenvalue weighted by Crippen LogP contribution is -2.48. The lowest BCUT2D eigenvalue weighted by molar-refractivity contribution is -0.148. The van der Waals surface area contributed by atoms with Gasteiger partial charge in [0.15, 0.2) is 0 Å². The molecule has 0 atom stereocenters. The van der Waals surface area contributed by atoms with Crippen molar-refractivity contribution in [3.8, 4) is 0 Å². The van der Waals surface area contributed by atoms with Crippen LogP contribution in [-0.4, -0.2) is 41.0 Å². The van der Waals surface area contributed by atoms with Crippen LogP contribution in [0.15, 0.2) is 0 Å². The lowest BCUT2D eigenvalue weighted by atomic mass is 9.81. The second kappa shape index (κ2) is 3.70. The number of piperidine rings is 1. The number of rotatable bonds is 1. The summed E-state index contributed by atoms with van der Waals surface area (Å²) >= 11 is 0. The highest BCUT2D eigenvalue weighted by molar-refractivity contribution is 5.80. The van der Waals surface area contributed by atoms with Crippen LogP contribution in [0.25, 0.3) is 0 Å². The van der Waals surface area contributed by atoms with Crippen LogP contribution in [0.1, 0.15) is 25.7 Å². The van der Waals surface area contributed by atoms with Crippen LogP contribution in [0.5, 0.6) is 0 Å². The molecule has 0 radical (unpaired) electrons. The Morgan fingerprint density at radius 3 is 2.27 bits per heavy atom. The highest BCUT2D eigenvalue weighted by Crippen LogP contribution is 2.32. The molecule has 2 fully saturated rings. The van der Waals surface area contributed by atoms with Crippen LogP contribution in [0, 0.1) is 5.92 Å². The SMILES string of the molecule is O=C(C1CC(O)C1)N1CCC(F)(F)CC1. The monoisotopic (exact) mass is 219 g/mol. The van der Waals surface area contributed by atoms with Gasteiger partial charge in [-0.1, -0.05) is 0 Å². The smallest absolute Gasteiger partial charge is 0.251 e. The number of alkyl halides is 2. The van der Waals surface area contributed by atoms with Gasteiger partial charge in [-0.3, -0.25) is 4.79 Å². The van der Waals surface area contributed by atoms with E-state index in [1.807, 2.05) is 0 Å². The number of hydrogen-bond acceptors (Lipinski definition) is 2. The molecule has 2 aliphatic rings. The maximum absolute atomic E-state index is 12.8. The first-order valence-electron chi connectivity index (χ1n) is 5.33. The Kier molecular flexibility index (Phi) is 2.66. The van der Waals surface area contributed by atoms with Crippen molar-refractivity contribution < 1.29 is 18.7 Å². The summed E-state index contributed by atoms with van der Waals surface area (Å²) < 4.78 is 25.6. The number of carbonyl (C=O) groups excluding carboxylic acids is 1. The zero-order chi connectivity index (χ0) is 11.1. The molecule has 0 aromatic rings. The highest BCUT2D eigenvalue weighted by Gasteiger charge is 2.40. The Bertz CT molecular complexity index is 254. The Hall–Kier alpha value is -0.710. The molecular weight excluding hydrogens is 204 g/mol. The number of halogens is 2. The van der Waals surface area contributed by atoms with E-state index in [1.165, 1.54) is 4.90 Å². The second-order valence-electron chi connectivity index (χ2n) is 4.50. The first-order valence-corrected chi connectivity index (χ1v) is 5.33. The zero-order valence-corrected chi connectivity index (χ0v) is 8.46. The van der Waals surface area contributed by atoms with Crippen LogP contribution in [0.4, 0.5) is 8.78 Å². The number of likely N-dealkylation sites (tertiary alicyclic amines) is 1. The van der Waals surface area contributed by atoms with E-state index in [2.05, 4.69) is 0 Å². The summed E-state index contributed by atoms with van der Waals surface area (Å²) in [6.07, 6.45) is 0.157. The number of aliphatic hydroxyl groups excluding tert-OH is 1. The topological polar surface area (TPSA) is 40.5 Å². The van der Waals surface area contributed by atoms with E-state index in [0.29, 0.717) is 12.8 Å². The van der Waals surface area contributed by atoms with Crippen molar-refractivity contribution in [2.75, 3.05) is 13.1 Å². The summed E-state index contributed by atoms with van der Waals surface area (Å²) in [5.41, 5.74) is 0. The van der Waals surface area contributed by atoms with Gasteiger partial charge in [-0.2, -0.15) is 0 Å².